The highest BCUT2D eigenvalue weighted by molar-refractivity contribution is 6.30. The third-order valence-electron chi connectivity index (χ3n) is 6.09. The zero-order chi connectivity index (χ0) is 27.8. The molecule has 0 heterocycles. The molecule has 0 amide bonds. The van der Waals surface area contributed by atoms with Gasteiger partial charge in [0.1, 0.15) is 18.1 Å². The molecule has 4 aromatic rings. The lowest BCUT2D eigenvalue weighted by molar-refractivity contribution is -0.144. The van der Waals surface area contributed by atoms with E-state index in [9.17, 15) is 4.79 Å². The first kappa shape index (κ1) is 27.6. The summed E-state index contributed by atoms with van der Waals surface area (Å²) < 4.78 is 11.5. The minimum atomic E-state index is -1.01. The maximum Gasteiger partial charge on any atom is 0.344 e. The predicted molar refractivity (Wildman–Crippen MR) is 157 cm³/mol. The van der Waals surface area contributed by atoms with E-state index < -0.39 is 12.1 Å². The standard InChI is InChI=1S/C34H29ClO4/c1-23-4-6-26(7-5-23)8-9-27-10-12-28(13-11-27)32(29-14-16-30(35)17-15-29)20-21-38-31-18-19-33(24(2)22-31)39-25(3)34(36)37/h4-7,10-20,22,25H,21H2,1-3H3,(H,36,37)/b32-20-. The number of carboxylic acid groups (broad SMARTS) is 1. The molecule has 1 unspecified atom stereocenters. The number of hydrogen-bond donors (Lipinski definition) is 1. The Morgan fingerprint density at radius 3 is 2.00 bits per heavy atom. The van der Waals surface area contributed by atoms with E-state index in [1.807, 2.05) is 67.6 Å². The van der Waals surface area contributed by atoms with Gasteiger partial charge in [0.15, 0.2) is 6.10 Å². The van der Waals surface area contributed by atoms with Crippen molar-refractivity contribution < 1.29 is 19.4 Å². The van der Waals surface area contributed by atoms with Crippen LogP contribution in [0, 0.1) is 25.7 Å². The van der Waals surface area contributed by atoms with Crippen LogP contribution in [0.1, 0.15) is 40.3 Å². The molecule has 0 aliphatic heterocycles. The Morgan fingerprint density at radius 2 is 1.44 bits per heavy atom. The lowest BCUT2D eigenvalue weighted by Gasteiger charge is -2.14. The van der Waals surface area contributed by atoms with E-state index in [1.165, 1.54) is 12.5 Å². The largest absolute Gasteiger partial charge is 0.489 e. The topological polar surface area (TPSA) is 55.8 Å². The molecule has 5 heteroatoms. The van der Waals surface area contributed by atoms with Crippen LogP contribution in [0.2, 0.25) is 5.02 Å². The van der Waals surface area contributed by atoms with E-state index in [0.717, 1.165) is 33.4 Å². The lowest BCUT2D eigenvalue weighted by atomic mass is 9.97. The molecular formula is C34H29ClO4. The van der Waals surface area contributed by atoms with Crippen molar-refractivity contribution in [3.63, 3.8) is 0 Å². The summed E-state index contributed by atoms with van der Waals surface area (Å²) in [4.78, 5) is 11.1. The van der Waals surface area contributed by atoms with Crippen LogP contribution in [0.5, 0.6) is 11.5 Å². The SMILES string of the molecule is Cc1ccc(C#Cc2ccc(/C(=C/COc3ccc(OC(C)C(=O)O)c(C)c3)c3ccc(Cl)cc3)cc2)cc1. The molecule has 0 aromatic heterocycles. The molecular weight excluding hydrogens is 508 g/mol. The quantitative estimate of drug-likeness (QED) is 0.234. The number of ether oxygens (including phenoxy) is 2. The average Bonchev–Trinajstić information content (AvgIpc) is 2.93. The van der Waals surface area contributed by atoms with Crippen molar-refractivity contribution in [2.24, 2.45) is 0 Å². The van der Waals surface area contributed by atoms with Gasteiger partial charge in [0.25, 0.3) is 0 Å². The van der Waals surface area contributed by atoms with E-state index in [4.69, 9.17) is 26.2 Å². The van der Waals surface area contributed by atoms with Crippen LogP contribution < -0.4 is 9.47 Å². The van der Waals surface area contributed by atoms with E-state index in [0.29, 0.717) is 23.1 Å². The summed E-state index contributed by atoms with van der Waals surface area (Å²) in [6, 6.07) is 29.3. The Balaban J connectivity index is 1.52. The second-order valence-corrected chi connectivity index (χ2v) is 9.59. The number of benzene rings is 4. The van der Waals surface area contributed by atoms with E-state index in [1.54, 1.807) is 12.1 Å². The van der Waals surface area contributed by atoms with Crippen LogP contribution in [-0.2, 0) is 4.79 Å². The van der Waals surface area contributed by atoms with Gasteiger partial charge in [-0.2, -0.15) is 0 Å². The zero-order valence-corrected chi connectivity index (χ0v) is 22.8. The van der Waals surface area contributed by atoms with Crippen molar-refractivity contribution in [2.45, 2.75) is 26.9 Å². The van der Waals surface area contributed by atoms with Gasteiger partial charge < -0.3 is 14.6 Å². The summed E-state index contributed by atoms with van der Waals surface area (Å²) in [5.74, 6) is 6.61. The van der Waals surface area contributed by atoms with Gasteiger partial charge in [0.05, 0.1) is 0 Å². The second kappa shape index (κ2) is 12.9. The maximum atomic E-state index is 11.1. The van der Waals surface area contributed by atoms with Gasteiger partial charge in [-0.3, -0.25) is 0 Å². The Kier molecular flexibility index (Phi) is 9.10. The summed E-state index contributed by atoms with van der Waals surface area (Å²) in [6.45, 7) is 5.75. The molecule has 196 valence electrons. The third kappa shape index (κ3) is 7.77. The summed E-state index contributed by atoms with van der Waals surface area (Å²) in [5.41, 5.74) is 6.98. The molecule has 0 aliphatic carbocycles. The van der Waals surface area contributed by atoms with Crippen LogP contribution in [0.4, 0.5) is 0 Å². The first-order valence-corrected chi connectivity index (χ1v) is 12.9. The summed E-state index contributed by atoms with van der Waals surface area (Å²) in [7, 11) is 0. The van der Waals surface area contributed by atoms with Crippen molar-refractivity contribution in [3.8, 4) is 23.3 Å². The van der Waals surface area contributed by atoms with Gasteiger partial charge in [-0.05, 0) is 104 Å². The summed E-state index contributed by atoms with van der Waals surface area (Å²) in [6.07, 6.45) is 1.10. The van der Waals surface area contributed by atoms with E-state index >= 15 is 0 Å². The highest BCUT2D eigenvalue weighted by Gasteiger charge is 2.14. The predicted octanol–water partition coefficient (Wildman–Crippen LogP) is 7.72. The smallest absolute Gasteiger partial charge is 0.344 e. The highest BCUT2D eigenvalue weighted by atomic mass is 35.5. The van der Waals surface area contributed by atoms with Crippen LogP contribution in [0.15, 0.2) is 97.1 Å². The minimum Gasteiger partial charge on any atom is -0.489 e. The maximum absolute atomic E-state index is 11.1. The Labute approximate surface area is 234 Å². The van der Waals surface area contributed by atoms with Gasteiger partial charge in [-0.1, -0.05) is 65.4 Å². The molecule has 4 rings (SSSR count). The van der Waals surface area contributed by atoms with E-state index in [2.05, 4.69) is 43.0 Å². The third-order valence-corrected chi connectivity index (χ3v) is 6.34. The van der Waals surface area contributed by atoms with Crippen LogP contribution in [-0.4, -0.2) is 23.8 Å². The Bertz CT molecular complexity index is 1520. The molecule has 0 saturated carbocycles. The van der Waals surface area contributed by atoms with Crippen molar-refractivity contribution in [3.05, 3.63) is 135 Å². The first-order chi connectivity index (χ1) is 18.8. The van der Waals surface area contributed by atoms with Gasteiger partial charge in [-0.15, -0.1) is 0 Å². The molecule has 1 atom stereocenters. The van der Waals surface area contributed by atoms with Crippen molar-refractivity contribution >= 4 is 23.1 Å². The normalized spacial score (nSPS) is 11.7. The number of rotatable bonds is 8. The minimum absolute atomic E-state index is 0.331. The molecule has 0 spiro atoms. The van der Waals surface area contributed by atoms with Crippen molar-refractivity contribution in [2.75, 3.05) is 6.61 Å². The van der Waals surface area contributed by atoms with Crippen molar-refractivity contribution in [1.82, 2.24) is 0 Å². The summed E-state index contributed by atoms with van der Waals surface area (Å²) >= 11 is 6.14. The average molecular weight is 537 g/mol. The number of aliphatic carboxylic acids is 1. The number of carbonyl (C=O) groups is 1. The molecule has 39 heavy (non-hydrogen) atoms. The molecule has 0 aliphatic rings. The fraction of sp³-hybridized carbons (Fsp3) is 0.147. The van der Waals surface area contributed by atoms with Gasteiger partial charge in [0, 0.05) is 16.1 Å². The van der Waals surface area contributed by atoms with Gasteiger partial charge in [0.2, 0.25) is 0 Å². The van der Waals surface area contributed by atoms with E-state index in [-0.39, 0.29) is 0 Å². The number of hydrogen-bond acceptors (Lipinski definition) is 3. The van der Waals surface area contributed by atoms with Crippen LogP contribution in [0.3, 0.4) is 0 Å². The summed E-state index contributed by atoms with van der Waals surface area (Å²) in [5, 5.41) is 9.76. The molecule has 0 bridgehead atoms. The monoisotopic (exact) mass is 536 g/mol. The second-order valence-electron chi connectivity index (χ2n) is 9.15. The van der Waals surface area contributed by atoms with Crippen LogP contribution in [0.25, 0.3) is 5.57 Å². The fourth-order valence-electron chi connectivity index (χ4n) is 3.85. The lowest BCUT2D eigenvalue weighted by Crippen LogP contribution is -2.23. The number of aryl methyl sites for hydroxylation is 2. The molecule has 0 saturated heterocycles. The first-order valence-electron chi connectivity index (χ1n) is 12.6. The van der Waals surface area contributed by atoms with Gasteiger partial charge in [-0.25, -0.2) is 4.79 Å². The molecule has 1 N–H and O–H groups in total. The molecule has 0 fully saturated rings. The van der Waals surface area contributed by atoms with Crippen LogP contribution >= 0.6 is 11.6 Å². The zero-order valence-electron chi connectivity index (χ0n) is 22.1. The fourth-order valence-corrected chi connectivity index (χ4v) is 3.98. The Hall–Kier alpha value is -4.46. The number of halogens is 1. The van der Waals surface area contributed by atoms with Crippen molar-refractivity contribution in [1.29, 1.82) is 0 Å². The highest BCUT2D eigenvalue weighted by Crippen LogP contribution is 2.27. The molecule has 4 aromatic carbocycles. The molecule has 4 nitrogen and oxygen atoms in total. The Morgan fingerprint density at radius 1 is 0.872 bits per heavy atom. The molecule has 0 radical (unpaired) electrons. The number of carboxylic acids is 1. The van der Waals surface area contributed by atoms with Gasteiger partial charge >= 0.3 is 5.97 Å².